The first kappa shape index (κ1) is 40.9. The minimum Gasteiger partial charge on any atom is -1.00 e. The van der Waals surface area contributed by atoms with Crippen LogP contribution in [-0.4, -0.2) is 4.57 Å². The van der Waals surface area contributed by atoms with Crippen molar-refractivity contribution in [1.29, 1.82) is 0 Å². The van der Waals surface area contributed by atoms with Crippen LogP contribution in [0, 0.1) is 13.8 Å². The maximum absolute atomic E-state index is 2.60. The van der Waals surface area contributed by atoms with Gasteiger partial charge in [-0.1, -0.05) is 209 Å². The molecule has 1 aliphatic rings. The molecule has 0 fully saturated rings. The van der Waals surface area contributed by atoms with E-state index < -0.39 is 0 Å². The van der Waals surface area contributed by atoms with Gasteiger partial charge in [-0.25, -0.2) is 0 Å². The standard InChI is InChI=1S/C59H53N2.ClH/c1-38-33-51(40(3)44-21-11-7-12-22-44)56(52(34-38)41(4)45-23-13-8-14-24-45)60-37-61(59-50-32-20-30-48-29-19-31-49(55(48)50)58(59)60)57-53(42(5)46-25-15-9-16-26-46)35-39(2)36-54(57)43(6)47-27-17-10-18-28-47;/h7-37,40-43H,1-6H3;1H/q+1;/p-1. The Balaban J connectivity index is 0.00000490. The molecule has 1 heterocycles. The van der Waals surface area contributed by atoms with Crippen LogP contribution in [0.5, 0.6) is 0 Å². The molecule has 0 spiro atoms. The number of hydrogen-bond acceptors (Lipinski definition) is 0. The van der Waals surface area contributed by atoms with Crippen molar-refractivity contribution >= 4 is 10.8 Å². The Kier molecular flexibility index (Phi) is 11.1. The fourth-order valence-corrected chi connectivity index (χ4v) is 10.3. The highest BCUT2D eigenvalue weighted by Gasteiger charge is 2.40. The van der Waals surface area contributed by atoms with Gasteiger partial charge in [0.25, 0.3) is 6.33 Å². The number of hydrogen-bond donors (Lipinski definition) is 0. The van der Waals surface area contributed by atoms with E-state index in [0.717, 1.165) is 0 Å². The Morgan fingerprint density at radius 1 is 0.419 bits per heavy atom. The van der Waals surface area contributed by atoms with Gasteiger partial charge in [0, 0.05) is 62.4 Å². The number of imidazole rings is 1. The fourth-order valence-electron chi connectivity index (χ4n) is 10.3. The first-order valence-corrected chi connectivity index (χ1v) is 22.0. The van der Waals surface area contributed by atoms with Gasteiger partial charge >= 0.3 is 0 Å². The number of aromatic nitrogens is 2. The molecule has 1 aliphatic carbocycles. The van der Waals surface area contributed by atoms with Crippen LogP contribution in [0.2, 0.25) is 0 Å². The summed E-state index contributed by atoms with van der Waals surface area (Å²) in [6, 6.07) is 67.7. The summed E-state index contributed by atoms with van der Waals surface area (Å²) in [6.45, 7) is 14.1. The van der Waals surface area contributed by atoms with E-state index in [1.807, 2.05) is 0 Å². The molecule has 0 saturated carbocycles. The lowest BCUT2D eigenvalue weighted by Gasteiger charge is -2.23. The van der Waals surface area contributed by atoms with Gasteiger partial charge in [0.1, 0.15) is 11.4 Å². The summed E-state index contributed by atoms with van der Waals surface area (Å²) >= 11 is 0. The summed E-state index contributed by atoms with van der Waals surface area (Å²) in [5.41, 5.74) is 20.7. The van der Waals surface area contributed by atoms with Crippen molar-refractivity contribution in [3.05, 3.63) is 244 Å². The van der Waals surface area contributed by atoms with Crippen LogP contribution in [-0.2, 0) is 0 Å². The van der Waals surface area contributed by atoms with E-state index >= 15 is 0 Å². The second kappa shape index (κ2) is 16.8. The van der Waals surface area contributed by atoms with Crippen molar-refractivity contribution in [3.63, 3.8) is 0 Å². The summed E-state index contributed by atoms with van der Waals surface area (Å²) in [4.78, 5) is 0. The average Bonchev–Trinajstić information content (AvgIpc) is 3.86. The van der Waals surface area contributed by atoms with E-state index in [1.54, 1.807) is 0 Å². The number of benzene rings is 8. The van der Waals surface area contributed by atoms with Gasteiger partial charge in [-0.15, -0.1) is 0 Å². The zero-order valence-electron chi connectivity index (χ0n) is 36.5. The SMILES string of the molecule is Cc1cc(C(C)c2ccccc2)c(-n2c[n+](-c3c(C(C)c4ccccc4)cc(C)cc3C(C)c3ccccc3)c3c2-c2cccc4cccc-3c24)c(C(C)c2ccccc2)c1.[Cl-]. The molecule has 10 rings (SSSR count). The van der Waals surface area contributed by atoms with Crippen molar-refractivity contribution < 1.29 is 17.0 Å². The maximum atomic E-state index is 2.60. The third kappa shape index (κ3) is 6.97. The van der Waals surface area contributed by atoms with Crippen molar-refractivity contribution in [2.75, 3.05) is 0 Å². The zero-order chi connectivity index (χ0) is 41.8. The highest BCUT2D eigenvalue weighted by molar-refractivity contribution is 6.13. The second-order valence-corrected chi connectivity index (χ2v) is 17.4. The van der Waals surface area contributed by atoms with Gasteiger partial charge in [0.2, 0.25) is 0 Å². The van der Waals surface area contributed by atoms with E-state index in [4.69, 9.17) is 0 Å². The van der Waals surface area contributed by atoms with Crippen LogP contribution >= 0.6 is 0 Å². The molecule has 4 unspecified atom stereocenters. The lowest BCUT2D eigenvalue weighted by atomic mass is 9.83. The van der Waals surface area contributed by atoms with Crippen molar-refractivity contribution in [3.8, 4) is 33.9 Å². The lowest BCUT2D eigenvalue weighted by Crippen LogP contribution is -3.00. The highest BCUT2D eigenvalue weighted by atomic mass is 35.5. The summed E-state index contributed by atoms with van der Waals surface area (Å²) in [7, 11) is 0. The first-order chi connectivity index (χ1) is 29.8. The molecule has 0 bridgehead atoms. The molecular formula is C59H53ClN2. The molecular weight excluding hydrogens is 772 g/mol. The maximum Gasteiger partial charge on any atom is 0.255 e. The largest absolute Gasteiger partial charge is 1.00 e. The molecule has 62 heavy (non-hydrogen) atoms. The second-order valence-electron chi connectivity index (χ2n) is 17.4. The number of aryl methyl sites for hydroxylation is 2. The van der Waals surface area contributed by atoms with Gasteiger partial charge in [-0.05, 0) is 53.6 Å². The molecule has 1 aromatic heterocycles. The van der Waals surface area contributed by atoms with Crippen LogP contribution in [0.3, 0.4) is 0 Å². The van der Waals surface area contributed by atoms with Crippen molar-refractivity contribution in [2.45, 2.75) is 65.2 Å². The molecule has 0 saturated heterocycles. The molecule has 0 N–H and O–H groups in total. The quantitative estimate of drug-likeness (QED) is 0.122. The minimum absolute atomic E-state index is 0. The van der Waals surface area contributed by atoms with Crippen molar-refractivity contribution in [1.82, 2.24) is 4.57 Å². The molecule has 0 radical (unpaired) electrons. The average molecular weight is 826 g/mol. The molecule has 9 aromatic rings. The predicted molar refractivity (Wildman–Crippen MR) is 255 cm³/mol. The Hall–Kier alpha value is -6.48. The monoisotopic (exact) mass is 824 g/mol. The van der Waals surface area contributed by atoms with E-state index in [0.29, 0.717) is 0 Å². The normalized spacial score (nSPS) is 13.6. The molecule has 0 amide bonds. The lowest BCUT2D eigenvalue weighted by molar-refractivity contribution is -0.584. The van der Waals surface area contributed by atoms with Gasteiger partial charge in [-0.2, -0.15) is 9.13 Å². The number of nitrogens with zero attached hydrogens (tertiary/aromatic N) is 2. The summed E-state index contributed by atoms with van der Waals surface area (Å²) in [5.74, 6) is 0.576. The third-order valence-corrected chi connectivity index (χ3v) is 13.5. The van der Waals surface area contributed by atoms with E-state index in [1.165, 1.54) is 100 Å². The van der Waals surface area contributed by atoms with Crippen LogP contribution in [0.15, 0.2) is 188 Å². The van der Waals surface area contributed by atoms with Crippen LogP contribution < -0.4 is 17.0 Å². The number of rotatable bonds is 10. The Morgan fingerprint density at radius 2 is 0.790 bits per heavy atom. The van der Waals surface area contributed by atoms with Gasteiger partial charge in [0.05, 0.1) is 0 Å². The predicted octanol–water partition coefficient (Wildman–Crippen LogP) is 11.8. The summed E-state index contributed by atoms with van der Waals surface area (Å²) in [6.07, 6.45) is 2.46. The highest BCUT2D eigenvalue weighted by Crippen LogP contribution is 2.50. The molecule has 8 aromatic carbocycles. The van der Waals surface area contributed by atoms with E-state index in [2.05, 4.69) is 239 Å². The van der Waals surface area contributed by atoms with E-state index in [-0.39, 0.29) is 36.1 Å². The Morgan fingerprint density at radius 3 is 1.21 bits per heavy atom. The van der Waals surface area contributed by atoms with Gasteiger partial charge in [0.15, 0.2) is 11.4 Å². The molecule has 3 heteroatoms. The van der Waals surface area contributed by atoms with Gasteiger partial charge < -0.3 is 12.4 Å². The van der Waals surface area contributed by atoms with Gasteiger partial charge in [-0.3, -0.25) is 0 Å². The Bertz CT molecular complexity index is 2710. The van der Waals surface area contributed by atoms with Crippen LogP contribution in [0.4, 0.5) is 0 Å². The van der Waals surface area contributed by atoms with Crippen LogP contribution in [0.1, 0.15) is 107 Å². The zero-order valence-corrected chi connectivity index (χ0v) is 37.2. The number of halogens is 1. The molecule has 4 atom stereocenters. The molecule has 306 valence electrons. The molecule has 0 aliphatic heterocycles. The number of fused-ring (bicyclic) bond motifs is 3. The fraction of sp³-hybridized carbons (Fsp3) is 0.169. The van der Waals surface area contributed by atoms with E-state index in [9.17, 15) is 0 Å². The topological polar surface area (TPSA) is 8.81 Å². The summed E-state index contributed by atoms with van der Waals surface area (Å²) < 4.78 is 5.20. The van der Waals surface area contributed by atoms with Crippen LogP contribution in [0.25, 0.3) is 44.7 Å². The third-order valence-electron chi connectivity index (χ3n) is 13.5. The molecule has 2 nitrogen and oxygen atoms in total. The minimum atomic E-state index is 0. The Labute approximate surface area is 373 Å². The summed E-state index contributed by atoms with van der Waals surface area (Å²) in [5, 5.41) is 2.59. The first-order valence-electron chi connectivity index (χ1n) is 22.0. The van der Waals surface area contributed by atoms with Crippen molar-refractivity contribution in [2.24, 2.45) is 0 Å². The smallest absolute Gasteiger partial charge is 0.255 e.